The Morgan fingerprint density at radius 3 is 2.90 bits per heavy atom. The molecular formula is C21H18FN5O2S2. The maximum Gasteiger partial charge on any atom is 0.236 e. The van der Waals surface area contributed by atoms with E-state index in [2.05, 4.69) is 20.5 Å². The standard InChI is InChI=1S/C21H18FN5O2S2/c1-29-13-8-9-16-17(10-13)31-20(23-16)24-18(28)11-30-21-26-25-19(27(21)12-6-7-12)14-4-2-3-5-15(14)22/h2-5,8-10,12H,6-7,11H2,1H3,(H,23,24,28). The van der Waals surface area contributed by atoms with Crippen molar-refractivity contribution in [3.8, 4) is 17.1 Å². The number of fused-ring (bicyclic) bond motifs is 1. The van der Waals surface area contributed by atoms with Gasteiger partial charge >= 0.3 is 0 Å². The highest BCUT2D eigenvalue weighted by Gasteiger charge is 2.31. The van der Waals surface area contributed by atoms with Crippen LogP contribution in [0.1, 0.15) is 18.9 Å². The Morgan fingerprint density at radius 1 is 1.29 bits per heavy atom. The Labute approximate surface area is 185 Å². The van der Waals surface area contributed by atoms with Crippen LogP contribution in [-0.4, -0.2) is 38.5 Å². The Hall–Kier alpha value is -2.98. The minimum Gasteiger partial charge on any atom is -0.497 e. The van der Waals surface area contributed by atoms with E-state index in [9.17, 15) is 9.18 Å². The quantitative estimate of drug-likeness (QED) is 0.404. The number of thioether (sulfide) groups is 1. The molecule has 1 N–H and O–H groups in total. The molecule has 0 unspecified atom stereocenters. The molecule has 0 spiro atoms. The minimum absolute atomic E-state index is 0.154. The van der Waals surface area contributed by atoms with Gasteiger partial charge in [0, 0.05) is 6.04 Å². The SMILES string of the molecule is COc1ccc2nc(NC(=O)CSc3nnc(-c4ccccc4F)n3C3CC3)sc2c1. The largest absolute Gasteiger partial charge is 0.497 e. The van der Waals surface area contributed by atoms with Crippen LogP contribution in [0.15, 0.2) is 47.6 Å². The van der Waals surface area contributed by atoms with E-state index in [4.69, 9.17) is 4.74 Å². The maximum absolute atomic E-state index is 14.3. The van der Waals surface area contributed by atoms with Gasteiger partial charge in [0.2, 0.25) is 5.91 Å². The highest BCUT2D eigenvalue weighted by molar-refractivity contribution is 7.99. The number of halogens is 1. The first-order valence-corrected chi connectivity index (χ1v) is 11.5. The van der Waals surface area contributed by atoms with E-state index in [-0.39, 0.29) is 23.5 Å². The lowest BCUT2D eigenvalue weighted by molar-refractivity contribution is -0.113. The molecule has 2 heterocycles. The number of benzene rings is 2. The fourth-order valence-electron chi connectivity index (χ4n) is 3.23. The molecule has 5 rings (SSSR count). The van der Waals surface area contributed by atoms with Gasteiger partial charge in [-0.05, 0) is 43.2 Å². The van der Waals surface area contributed by atoms with Gasteiger partial charge in [-0.2, -0.15) is 0 Å². The number of thiazole rings is 1. The van der Waals surface area contributed by atoms with Crippen LogP contribution < -0.4 is 10.1 Å². The van der Waals surface area contributed by atoms with Gasteiger partial charge in [0.15, 0.2) is 16.1 Å². The van der Waals surface area contributed by atoms with E-state index in [0.29, 0.717) is 21.7 Å². The van der Waals surface area contributed by atoms with Crippen molar-refractivity contribution in [2.75, 3.05) is 18.2 Å². The van der Waals surface area contributed by atoms with Crippen LogP contribution in [0.4, 0.5) is 9.52 Å². The van der Waals surface area contributed by atoms with Crippen molar-refractivity contribution in [3.05, 3.63) is 48.3 Å². The topological polar surface area (TPSA) is 81.9 Å². The number of anilines is 1. The summed E-state index contributed by atoms with van der Waals surface area (Å²) in [5.41, 5.74) is 1.22. The lowest BCUT2D eigenvalue weighted by Crippen LogP contribution is -2.14. The van der Waals surface area contributed by atoms with Crippen LogP contribution >= 0.6 is 23.1 Å². The second-order valence-corrected chi connectivity index (χ2v) is 9.05. The number of hydrogen-bond acceptors (Lipinski definition) is 7. The van der Waals surface area contributed by atoms with Gasteiger partial charge in [-0.25, -0.2) is 9.37 Å². The molecule has 1 amide bonds. The molecule has 31 heavy (non-hydrogen) atoms. The molecule has 1 saturated carbocycles. The summed E-state index contributed by atoms with van der Waals surface area (Å²) < 4.78 is 22.4. The number of nitrogens with zero attached hydrogens (tertiary/aromatic N) is 4. The van der Waals surface area contributed by atoms with Crippen LogP contribution in [0.5, 0.6) is 5.75 Å². The molecule has 1 fully saturated rings. The number of rotatable bonds is 7. The number of ether oxygens (including phenoxy) is 1. The van der Waals surface area contributed by atoms with Crippen molar-refractivity contribution >= 4 is 44.4 Å². The number of aromatic nitrogens is 4. The van der Waals surface area contributed by atoms with Gasteiger partial charge in [0.05, 0.1) is 28.6 Å². The van der Waals surface area contributed by atoms with Gasteiger partial charge < -0.3 is 10.1 Å². The summed E-state index contributed by atoms with van der Waals surface area (Å²) in [5, 5.41) is 12.4. The van der Waals surface area contributed by atoms with E-state index in [1.807, 2.05) is 22.8 Å². The molecule has 1 aliphatic rings. The lowest BCUT2D eigenvalue weighted by atomic mass is 10.2. The number of methoxy groups -OCH3 is 1. The second-order valence-electron chi connectivity index (χ2n) is 7.08. The third-order valence-corrected chi connectivity index (χ3v) is 6.74. The zero-order valence-electron chi connectivity index (χ0n) is 16.5. The molecule has 1 aliphatic carbocycles. The van der Waals surface area contributed by atoms with E-state index in [1.54, 1.807) is 25.3 Å². The lowest BCUT2D eigenvalue weighted by Gasteiger charge is -2.09. The molecule has 0 saturated heterocycles. The van der Waals surface area contributed by atoms with Crippen LogP contribution in [0.3, 0.4) is 0 Å². The van der Waals surface area contributed by atoms with E-state index in [1.165, 1.54) is 29.2 Å². The normalized spacial score (nSPS) is 13.5. The second kappa shape index (κ2) is 8.27. The summed E-state index contributed by atoms with van der Waals surface area (Å²) in [6.07, 6.45) is 1.99. The molecule has 4 aromatic rings. The Balaban J connectivity index is 1.30. The van der Waals surface area contributed by atoms with Crippen molar-refractivity contribution in [1.29, 1.82) is 0 Å². The fraction of sp³-hybridized carbons (Fsp3) is 0.238. The molecule has 2 aromatic carbocycles. The van der Waals surface area contributed by atoms with Crippen LogP contribution in [-0.2, 0) is 4.79 Å². The monoisotopic (exact) mass is 455 g/mol. The number of nitrogens with one attached hydrogen (secondary N) is 1. The molecule has 158 valence electrons. The summed E-state index contributed by atoms with van der Waals surface area (Å²) in [4.78, 5) is 16.9. The average Bonchev–Trinajstić information content (AvgIpc) is 3.39. The minimum atomic E-state index is -0.335. The van der Waals surface area contributed by atoms with Crippen molar-refractivity contribution in [3.63, 3.8) is 0 Å². The zero-order valence-corrected chi connectivity index (χ0v) is 18.2. The predicted molar refractivity (Wildman–Crippen MR) is 119 cm³/mol. The van der Waals surface area contributed by atoms with Gasteiger partial charge in [0.1, 0.15) is 11.6 Å². The van der Waals surface area contributed by atoms with Crippen LogP contribution in [0.2, 0.25) is 0 Å². The van der Waals surface area contributed by atoms with Gasteiger partial charge in [-0.3, -0.25) is 9.36 Å². The van der Waals surface area contributed by atoms with Crippen molar-refractivity contribution in [2.24, 2.45) is 0 Å². The van der Waals surface area contributed by atoms with Crippen LogP contribution in [0.25, 0.3) is 21.6 Å². The molecule has 0 aliphatic heterocycles. The van der Waals surface area contributed by atoms with Gasteiger partial charge in [-0.15, -0.1) is 10.2 Å². The van der Waals surface area contributed by atoms with Crippen molar-refractivity contribution in [2.45, 2.75) is 24.0 Å². The predicted octanol–water partition coefficient (Wildman–Crippen LogP) is 4.77. The first-order chi connectivity index (χ1) is 15.1. The van der Waals surface area contributed by atoms with Gasteiger partial charge in [-0.1, -0.05) is 35.2 Å². The summed E-state index contributed by atoms with van der Waals surface area (Å²) in [7, 11) is 1.61. The summed E-state index contributed by atoms with van der Waals surface area (Å²) >= 11 is 2.68. The summed E-state index contributed by atoms with van der Waals surface area (Å²) in [6, 6.07) is 12.4. The molecular weight excluding hydrogens is 437 g/mol. The van der Waals surface area contributed by atoms with E-state index < -0.39 is 0 Å². The molecule has 7 nitrogen and oxygen atoms in total. The Kier molecular flexibility index (Phi) is 5.33. The van der Waals surface area contributed by atoms with E-state index >= 15 is 0 Å². The number of hydrogen-bond donors (Lipinski definition) is 1. The maximum atomic E-state index is 14.3. The first-order valence-electron chi connectivity index (χ1n) is 9.69. The molecule has 10 heteroatoms. The fourth-order valence-corrected chi connectivity index (χ4v) is 4.95. The molecule has 0 bridgehead atoms. The highest BCUT2D eigenvalue weighted by atomic mass is 32.2. The Morgan fingerprint density at radius 2 is 2.13 bits per heavy atom. The third-order valence-electron chi connectivity index (χ3n) is 4.87. The highest BCUT2D eigenvalue weighted by Crippen LogP contribution is 2.41. The third kappa shape index (κ3) is 4.13. The van der Waals surface area contributed by atoms with Gasteiger partial charge in [0.25, 0.3) is 0 Å². The first kappa shape index (κ1) is 20.0. The average molecular weight is 456 g/mol. The zero-order chi connectivity index (χ0) is 21.4. The smallest absolute Gasteiger partial charge is 0.236 e. The number of amides is 1. The summed E-state index contributed by atoms with van der Waals surface area (Å²) in [5.74, 6) is 0.882. The van der Waals surface area contributed by atoms with Crippen LogP contribution in [0, 0.1) is 5.82 Å². The molecule has 0 radical (unpaired) electrons. The molecule has 0 atom stereocenters. The van der Waals surface area contributed by atoms with E-state index in [0.717, 1.165) is 28.8 Å². The number of carbonyl (C=O) groups excluding carboxylic acids is 1. The summed E-state index contributed by atoms with van der Waals surface area (Å²) in [6.45, 7) is 0. The molecule has 2 aromatic heterocycles. The van der Waals surface area contributed by atoms with Crippen molar-refractivity contribution < 1.29 is 13.9 Å². The number of carbonyl (C=O) groups is 1. The van der Waals surface area contributed by atoms with Crippen molar-refractivity contribution in [1.82, 2.24) is 19.7 Å². The Bertz CT molecular complexity index is 1270.